The van der Waals surface area contributed by atoms with Gasteiger partial charge in [-0.25, -0.2) is 4.39 Å². The first kappa shape index (κ1) is 28.8. The zero-order chi connectivity index (χ0) is 27.3. The molecule has 2 N–H and O–H groups in total. The van der Waals surface area contributed by atoms with Crippen LogP contribution in [-0.4, -0.2) is 37.3 Å². The normalized spacial score (nSPS) is 17.1. The molecule has 1 heterocycles. The summed E-state index contributed by atoms with van der Waals surface area (Å²) in [6.07, 6.45) is 0. The lowest BCUT2D eigenvalue weighted by molar-refractivity contribution is -0.150. The second kappa shape index (κ2) is 12.6. The highest BCUT2D eigenvalue weighted by Crippen LogP contribution is 2.44. The van der Waals surface area contributed by atoms with Crippen LogP contribution in [0.3, 0.4) is 0 Å². The number of hydrogen-bond donors (Lipinski definition) is 2. The van der Waals surface area contributed by atoms with Crippen LogP contribution in [0.15, 0.2) is 45.4 Å². The van der Waals surface area contributed by atoms with Gasteiger partial charge in [-0.05, 0) is 42.8 Å². The first-order valence-electron chi connectivity index (χ1n) is 10.6. The highest BCUT2D eigenvalue weighted by molar-refractivity contribution is 9.10. The van der Waals surface area contributed by atoms with Crippen LogP contribution in [0.2, 0.25) is 10.0 Å². The number of nitrogens with zero attached hydrogens (tertiary/aromatic N) is 1. The molecule has 8 nitrogen and oxygen atoms in total. The van der Waals surface area contributed by atoms with E-state index >= 15 is 0 Å². The van der Waals surface area contributed by atoms with Gasteiger partial charge in [-0.15, -0.1) is 0 Å². The molecular weight excluding hydrogens is 612 g/mol. The van der Waals surface area contributed by atoms with Crippen molar-refractivity contribution in [2.24, 2.45) is 5.92 Å². The number of allylic oxidation sites excluding steroid dienone is 1. The Balaban J connectivity index is 1.97. The van der Waals surface area contributed by atoms with E-state index < -0.39 is 35.4 Å². The van der Waals surface area contributed by atoms with E-state index in [1.165, 1.54) is 24.3 Å². The summed E-state index contributed by atoms with van der Waals surface area (Å²) in [4.78, 5) is 38.0. The molecular formula is C24H19BrCl2FN3O5S. The Labute approximate surface area is 234 Å². The van der Waals surface area contributed by atoms with E-state index in [0.29, 0.717) is 16.6 Å². The molecule has 0 bridgehead atoms. The highest BCUT2D eigenvalue weighted by atomic mass is 79.9. The van der Waals surface area contributed by atoms with Crippen molar-refractivity contribution < 1.29 is 28.2 Å². The van der Waals surface area contributed by atoms with Crippen LogP contribution in [0.25, 0.3) is 0 Å². The number of esters is 1. The lowest BCUT2D eigenvalue weighted by atomic mass is 9.78. The van der Waals surface area contributed by atoms with Crippen LogP contribution in [0.1, 0.15) is 18.4 Å². The molecule has 2 atom stereocenters. The Bertz CT molecular complexity index is 1310. The average molecular weight is 631 g/mol. The molecule has 194 valence electrons. The van der Waals surface area contributed by atoms with Crippen molar-refractivity contribution in [3.8, 4) is 11.8 Å². The van der Waals surface area contributed by atoms with Gasteiger partial charge in [0.25, 0.3) is 0 Å². The van der Waals surface area contributed by atoms with E-state index in [4.69, 9.17) is 32.7 Å². The van der Waals surface area contributed by atoms with E-state index in [1.54, 1.807) is 13.0 Å². The average Bonchev–Trinajstić information content (AvgIpc) is 2.85. The quantitative estimate of drug-likeness (QED) is 0.296. The second-order valence-electron chi connectivity index (χ2n) is 7.53. The summed E-state index contributed by atoms with van der Waals surface area (Å²) in [7, 11) is 1.12. The predicted molar refractivity (Wildman–Crippen MR) is 142 cm³/mol. The number of amides is 2. The van der Waals surface area contributed by atoms with E-state index in [1.807, 2.05) is 6.07 Å². The zero-order valence-corrected chi connectivity index (χ0v) is 23.3. The molecule has 1 aliphatic rings. The maximum Gasteiger partial charge on any atom is 0.319 e. The van der Waals surface area contributed by atoms with Crippen molar-refractivity contribution in [3.05, 3.63) is 66.8 Å². The van der Waals surface area contributed by atoms with Crippen molar-refractivity contribution in [2.75, 3.05) is 24.8 Å². The van der Waals surface area contributed by atoms with Crippen molar-refractivity contribution in [2.45, 2.75) is 12.8 Å². The summed E-state index contributed by atoms with van der Waals surface area (Å²) in [6.45, 7) is 2.05. The van der Waals surface area contributed by atoms with Gasteiger partial charge >= 0.3 is 5.97 Å². The Morgan fingerprint density at radius 2 is 1.95 bits per heavy atom. The molecule has 2 aromatic carbocycles. The first-order chi connectivity index (χ1) is 17.6. The molecule has 0 radical (unpaired) electrons. The Morgan fingerprint density at radius 1 is 1.27 bits per heavy atom. The van der Waals surface area contributed by atoms with E-state index in [2.05, 4.69) is 26.6 Å². The molecule has 3 rings (SSSR count). The second-order valence-corrected chi connectivity index (χ2v) is 10.2. The summed E-state index contributed by atoms with van der Waals surface area (Å²) >= 11 is 16.7. The maximum atomic E-state index is 14.1. The monoisotopic (exact) mass is 629 g/mol. The minimum atomic E-state index is -1.42. The molecule has 0 fully saturated rings. The number of rotatable bonds is 8. The molecule has 2 amide bonds. The van der Waals surface area contributed by atoms with Gasteiger partial charge in [0, 0.05) is 10.4 Å². The number of hydrogen-bond acceptors (Lipinski definition) is 7. The van der Waals surface area contributed by atoms with Gasteiger partial charge in [-0.1, -0.05) is 50.9 Å². The number of thioether (sulfide) groups is 1. The number of carbonyl (C=O) groups is 3. The van der Waals surface area contributed by atoms with Gasteiger partial charge in [0.05, 0.1) is 51.9 Å². The topological polar surface area (TPSA) is 118 Å². The van der Waals surface area contributed by atoms with Gasteiger partial charge < -0.3 is 20.1 Å². The van der Waals surface area contributed by atoms with Crippen LogP contribution in [0, 0.1) is 23.1 Å². The smallest absolute Gasteiger partial charge is 0.319 e. The minimum absolute atomic E-state index is 0.00100. The third kappa shape index (κ3) is 6.57. The number of carbonyl (C=O) groups excluding carboxylic acids is 3. The van der Waals surface area contributed by atoms with E-state index in [9.17, 15) is 24.0 Å². The largest absolute Gasteiger partial charge is 0.491 e. The molecule has 1 aliphatic heterocycles. The molecule has 2 aromatic rings. The fourth-order valence-electron chi connectivity index (χ4n) is 3.64. The standard InChI is InChI=1S/C24H19BrCl2FN3O5S/c1-3-36-21-14(26)6-11(7-15(21)27)19-13(9-29)23(31-22(33)20(19)24(34)35-2)37-10-18(32)30-17-5-4-12(25)8-16(17)28/h4-8,19-20H,3,10H2,1-2H3,(H,30,32)(H,31,33)/t19-,20-/m1/s1. The third-order valence-electron chi connectivity index (χ3n) is 5.20. The molecule has 0 spiro atoms. The van der Waals surface area contributed by atoms with Gasteiger partial charge in [0.15, 0.2) is 5.75 Å². The number of nitrogens with one attached hydrogen (secondary N) is 2. The fourth-order valence-corrected chi connectivity index (χ4v) is 5.43. The number of methoxy groups -OCH3 is 1. The Kier molecular flexibility index (Phi) is 9.84. The first-order valence-corrected chi connectivity index (χ1v) is 13.2. The van der Waals surface area contributed by atoms with Crippen molar-refractivity contribution in [3.63, 3.8) is 0 Å². The fraction of sp³-hybridized carbons (Fsp3) is 0.250. The molecule has 0 saturated heterocycles. The Morgan fingerprint density at radius 3 is 2.51 bits per heavy atom. The lowest BCUT2D eigenvalue weighted by Crippen LogP contribution is -2.44. The molecule has 37 heavy (non-hydrogen) atoms. The highest BCUT2D eigenvalue weighted by Gasteiger charge is 2.44. The third-order valence-corrected chi connectivity index (χ3v) is 7.28. The van der Waals surface area contributed by atoms with Gasteiger partial charge in [0.2, 0.25) is 11.8 Å². The van der Waals surface area contributed by atoms with Crippen molar-refractivity contribution >= 4 is 74.4 Å². The summed E-state index contributed by atoms with van der Waals surface area (Å²) in [5, 5.41) is 15.3. The summed E-state index contributed by atoms with van der Waals surface area (Å²) in [5.41, 5.74) is 0.275. The van der Waals surface area contributed by atoms with Crippen LogP contribution in [0.4, 0.5) is 10.1 Å². The van der Waals surface area contributed by atoms with Crippen LogP contribution in [-0.2, 0) is 19.1 Å². The SMILES string of the molecule is CCOc1c(Cl)cc([C@@H]2C(C#N)=C(SCC(=O)Nc3ccc(Br)cc3F)NC(=O)[C@@H]2C(=O)OC)cc1Cl. The summed E-state index contributed by atoms with van der Waals surface area (Å²) in [6, 6.07) is 9.09. The molecule has 0 aromatic heterocycles. The van der Waals surface area contributed by atoms with E-state index in [-0.39, 0.29) is 37.8 Å². The van der Waals surface area contributed by atoms with Crippen LogP contribution >= 0.6 is 50.9 Å². The van der Waals surface area contributed by atoms with Crippen LogP contribution in [0.5, 0.6) is 5.75 Å². The minimum Gasteiger partial charge on any atom is -0.491 e. The molecule has 13 heteroatoms. The number of nitriles is 1. The van der Waals surface area contributed by atoms with E-state index in [0.717, 1.165) is 18.9 Å². The lowest BCUT2D eigenvalue weighted by Gasteiger charge is -2.31. The van der Waals surface area contributed by atoms with Gasteiger partial charge in [0.1, 0.15) is 11.7 Å². The van der Waals surface area contributed by atoms with Crippen LogP contribution < -0.4 is 15.4 Å². The van der Waals surface area contributed by atoms with Crippen molar-refractivity contribution in [1.29, 1.82) is 5.26 Å². The number of halogens is 4. The maximum absolute atomic E-state index is 14.1. The number of anilines is 1. The predicted octanol–water partition coefficient (Wildman–Crippen LogP) is 5.40. The van der Waals surface area contributed by atoms with Gasteiger partial charge in [-0.3, -0.25) is 14.4 Å². The Hall–Kier alpha value is -2.78. The summed E-state index contributed by atoms with van der Waals surface area (Å²) < 4.78 is 24.8. The molecule has 0 saturated carbocycles. The number of benzene rings is 2. The number of ether oxygens (including phenoxy) is 2. The zero-order valence-electron chi connectivity index (χ0n) is 19.4. The molecule has 0 aliphatic carbocycles. The van der Waals surface area contributed by atoms with Crippen molar-refractivity contribution in [1.82, 2.24) is 5.32 Å². The van der Waals surface area contributed by atoms with Gasteiger partial charge in [-0.2, -0.15) is 5.26 Å². The summed E-state index contributed by atoms with van der Waals surface area (Å²) in [5.74, 6) is -5.39. The molecule has 0 unspecified atom stereocenters.